The monoisotopic (exact) mass is 389 g/mol. The van der Waals surface area contributed by atoms with E-state index in [1.54, 1.807) is 0 Å². The Labute approximate surface area is 130 Å². The lowest BCUT2D eigenvalue weighted by atomic mass is 9.94. The van der Waals surface area contributed by atoms with Gasteiger partial charge in [0.05, 0.1) is 0 Å². The van der Waals surface area contributed by atoms with Crippen LogP contribution >= 0.6 is 31.9 Å². The first kappa shape index (κ1) is 15.0. The Morgan fingerprint density at radius 2 is 2.00 bits per heavy atom. The maximum atomic E-state index is 12.5. The number of aliphatic hydroxyl groups excluding tert-OH is 1. The van der Waals surface area contributed by atoms with E-state index in [1.807, 2.05) is 23.1 Å². The van der Waals surface area contributed by atoms with Crippen molar-refractivity contribution >= 4 is 37.8 Å². The molecule has 0 saturated carbocycles. The zero-order valence-corrected chi connectivity index (χ0v) is 13.8. The number of amides is 1. The van der Waals surface area contributed by atoms with Crippen molar-refractivity contribution in [1.82, 2.24) is 4.90 Å². The second-order valence-electron chi connectivity index (χ2n) is 4.93. The molecule has 1 fully saturated rings. The smallest absolute Gasteiger partial charge is 0.253 e. The number of carbonyl (C=O) groups excluding carboxylic acids is 1. The van der Waals surface area contributed by atoms with Gasteiger partial charge >= 0.3 is 0 Å². The average molecular weight is 391 g/mol. The van der Waals surface area contributed by atoms with E-state index in [1.165, 1.54) is 0 Å². The van der Waals surface area contributed by atoms with E-state index < -0.39 is 0 Å². The molecule has 104 valence electrons. The van der Waals surface area contributed by atoms with Crippen LogP contribution in [0.15, 0.2) is 27.1 Å². The van der Waals surface area contributed by atoms with Gasteiger partial charge in [0.15, 0.2) is 0 Å². The third-order valence-corrected chi connectivity index (χ3v) is 4.37. The highest BCUT2D eigenvalue weighted by Crippen LogP contribution is 2.24. The van der Waals surface area contributed by atoms with Gasteiger partial charge in [-0.3, -0.25) is 4.79 Å². The molecule has 0 aromatic heterocycles. The van der Waals surface area contributed by atoms with Crippen molar-refractivity contribution in [1.29, 1.82) is 0 Å². The van der Waals surface area contributed by atoms with Gasteiger partial charge < -0.3 is 10.0 Å². The van der Waals surface area contributed by atoms with Crippen molar-refractivity contribution in [3.63, 3.8) is 0 Å². The Kier molecular flexibility index (Phi) is 5.42. The first-order valence-corrected chi connectivity index (χ1v) is 8.05. The molecule has 0 aliphatic carbocycles. The van der Waals surface area contributed by atoms with Crippen LogP contribution in [0.1, 0.15) is 29.6 Å². The summed E-state index contributed by atoms with van der Waals surface area (Å²) in [5.41, 5.74) is 0.700. The van der Waals surface area contributed by atoms with Crippen LogP contribution in [0.5, 0.6) is 0 Å². The number of hydrogen-bond acceptors (Lipinski definition) is 2. The molecule has 2 rings (SSSR count). The number of nitrogens with zero attached hydrogens (tertiary/aromatic N) is 1. The predicted molar refractivity (Wildman–Crippen MR) is 82.2 cm³/mol. The lowest BCUT2D eigenvalue weighted by Gasteiger charge is -2.32. The second kappa shape index (κ2) is 6.86. The maximum absolute atomic E-state index is 12.5. The molecular formula is C14H17Br2NO2. The van der Waals surface area contributed by atoms with Crippen molar-refractivity contribution in [2.45, 2.75) is 19.3 Å². The van der Waals surface area contributed by atoms with Crippen molar-refractivity contribution in [2.24, 2.45) is 5.92 Å². The molecule has 1 aromatic rings. The standard InChI is InChI=1S/C14H17Br2NO2/c15-12-6-11(7-13(16)8-12)14(19)17-4-1-2-10(9-17)3-5-18/h6-8,10,18H,1-5,9H2. The van der Waals surface area contributed by atoms with Crippen LogP contribution in [0.25, 0.3) is 0 Å². The third kappa shape index (κ3) is 4.04. The van der Waals surface area contributed by atoms with Gasteiger partial charge in [0.25, 0.3) is 5.91 Å². The van der Waals surface area contributed by atoms with Gasteiger partial charge in [-0.15, -0.1) is 0 Å². The van der Waals surface area contributed by atoms with E-state index in [0.29, 0.717) is 11.5 Å². The molecule has 1 saturated heterocycles. The number of likely N-dealkylation sites (tertiary alicyclic amines) is 1. The summed E-state index contributed by atoms with van der Waals surface area (Å²) >= 11 is 6.82. The summed E-state index contributed by atoms with van der Waals surface area (Å²) in [6.07, 6.45) is 2.91. The molecule has 0 radical (unpaired) electrons. The number of aliphatic hydroxyl groups is 1. The number of hydrogen-bond donors (Lipinski definition) is 1. The van der Waals surface area contributed by atoms with Crippen LogP contribution in [-0.2, 0) is 0 Å². The summed E-state index contributed by atoms with van der Waals surface area (Å²) in [6, 6.07) is 5.62. The lowest BCUT2D eigenvalue weighted by Crippen LogP contribution is -2.40. The van der Waals surface area contributed by atoms with Gasteiger partial charge in [0.1, 0.15) is 0 Å². The zero-order chi connectivity index (χ0) is 13.8. The summed E-state index contributed by atoms with van der Waals surface area (Å²) in [5, 5.41) is 9.02. The molecule has 1 heterocycles. The molecule has 1 aliphatic heterocycles. The fourth-order valence-electron chi connectivity index (χ4n) is 2.53. The van der Waals surface area contributed by atoms with E-state index in [4.69, 9.17) is 5.11 Å². The summed E-state index contributed by atoms with van der Waals surface area (Å²) < 4.78 is 1.79. The van der Waals surface area contributed by atoms with Crippen molar-refractivity contribution in [2.75, 3.05) is 19.7 Å². The fraction of sp³-hybridized carbons (Fsp3) is 0.500. The minimum absolute atomic E-state index is 0.0737. The SMILES string of the molecule is O=C(c1cc(Br)cc(Br)c1)N1CCCC(CCO)C1. The van der Waals surface area contributed by atoms with E-state index in [9.17, 15) is 4.79 Å². The summed E-state index contributed by atoms with van der Waals surface area (Å²) in [4.78, 5) is 14.4. The van der Waals surface area contributed by atoms with Gasteiger partial charge in [-0.2, -0.15) is 0 Å². The molecule has 0 bridgehead atoms. The average Bonchev–Trinajstić information content (AvgIpc) is 2.37. The lowest BCUT2D eigenvalue weighted by molar-refractivity contribution is 0.0653. The number of benzene rings is 1. The van der Waals surface area contributed by atoms with E-state index in [2.05, 4.69) is 31.9 Å². The normalized spacial score (nSPS) is 19.5. The van der Waals surface area contributed by atoms with Crippen molar-refractivity contribution in [3.8, 4) is 0 Å². The van der Waals surface area contributed by atoms with E-state index in [-0.39, 0.29) is 12.5 Å². The number of piperidine rings is 1. The molecule has 1 atom stereocenters. The predicted octanol–water partition coefficient (Wildman–Crippen LogP) is 3.45. The molecule has 5 heteroatoms. The maximum Gasteiger partial charge on any atom is 0.253 e. The van der Waals surface area contributed by atoms with Crippen molar-refractivity contribution in [3.05, 3.63) is 32.7 Å². The molecule has 0 spiro atoms. The van der Waals surface area contributed by atoms with Gasteiger partial charge in [0.2, 0.25) is 0 Å². The second-order valence-corrected chi connectivity index (χ2v) is 6.76. The van der Waals surface area contributed by atoms with Gasteiger partial charge in [-0.1, -0.05) is 31.9 Å². The molecule has 19 heavy (non-hydrogen) atoms. The van der Waals surface area contributed by atoms with E-state index >= 15 is 0 Å². The molecule has 1 aromatic carbocycles. The fourth-order valence-corrected chi connectivity index (χ4v) is 3.82. The Hall–Kier alpha value is -0.390. The highest BCUT2D eigenvalue weighted by atomic mass is 79.9. The molecular weight excluding hydrogens is 374 g/mol. The van der Waals surface area contributed by atoms with Crippen molar-refractivity contribution < 1.29 is 9.90 Å². The Bertz CT molecular complexity index is 443. The molecule has 1 N–H and O–H groups in total. The number of carbonyl (C=O) groups is 1. The van der Waals surface area contributed by atoms with E-state index in [0.717, 1.165) is 41.3 Å². The minimum atomic E-state index is 0.0737. The highest BCUT2D eigenvalue weighted by molar-refractivity contribution is 9.11. The summed E-state index contributed by atoms with van der Waals surface area (Å²) in [7, 11) is 0. The third-order valence-electron chi connectivity index (χ3n) is 3.45. The molecule has 1 amide bonds. The summed E-state index contributed by atoms with van der Waals surface area (Å²) in [6.45, 7) is 1.77. The molecule has 3 nitrogen and oxygen atoms in total. The Balaban J connectivity index is 2.10. The molecule has 1 unspecified atom stereocenters. The quantitative estimate of drug-likeness (QED) is 0.858. The number of halogens is 2. The first-order valence-electron chi connectivity index (χ1n) is 6.46. The van der Waals surface area contributed by atoms with Gasteiger partial charge in [-0.05, 0) is 43.4 Å². The summed E-state index contributed by atoms with van der Waals surface area (Å²) in [5.74, 6) is 0.503. The topological polar surface area (TPSA) is 40.5 Å². The number of rotatable bonds is 3. The highest BCUT2D eigenvalue weighted by Gasteiger charge is 2.24. The molecule has 1 aliphatic rings. The van der Waals surface area contributed by atoms with Crippen LogP contribution < -0.4 is 0 Å². The van der Waals surface area contributed by atoms with Crippen LogP contribution in [-0.4, -0.2) is 35.6 Å². The van der Waals surface area contributed by atoms with Crippen LogP contribution in [0.3, 0.4) is 0 Å². The van der Waals surface area contributed by atoms with Crippen LogP contribution in [0.4, 0.5) is 0 Å². The largest absolute Gasteiger partial charge is 0.396 e. The zero-order valence-electron chi connectivity index (χ0n) is 10.6. The van der Waals surface area contributed by atoms with Gasteiger partial charge in [0, 0.05) is 34.2 Å². The minimum Gasteiger partial charge on any atom is -0.396 e. The Morgan fingerprint density at radius 1 is 1.32 bits per heavy atom. The van der Waals surface area contributed by atoms with Crippen LogP contribution in [0.2, 0.25) is 0 Å². The first-order chi connectivity index (χ1) is 9.10. The Morgan fingerprint density at radius 3 is 2.63 bits per heavy atom. The van der Waals surface area contributed by atoms with Gasteiger partial charge in [-0.25, -0.2) is 0 Å². The van der Waals surface area contributed by atoms with Crippen LogP contribution in [0, 0.1) is 5.92 Å².